The number of carbonyl (C=O) groups excluding carboxylic acids is 12. The first-order valence-corrected chi connectivity index (χ1v) is 37.5. The van der Waals surface area contributed by atoms with Crippen LogP contribution in [0.4, 0.5) is 0 Å². The summed E-state index contributed by atoms with van der Waals surface area (Å²) in [5.74, 6) is -9.60. The molecule has 2 aromatic carbocycles. The number of nitrogens with one attached hydrogen (secondary N) is 4. The number of unbranched alkanes of at least 4 members (excludes halogenated alkanes) is 1. The molecule has 3 aliphatic heterocycles. The molecule has 11 atom stereocenters. The Balaban J connectivity index is 1.72. The van der Waals surface area contributed by atoms with Gasteiger partial charge in [-0.15, -0.1) is 0 Å². The topological polar surface area (TPSA) is 312 Å². The lowest BCUT2D eigenvalue weighted by Crippen LogP contribution is -2.62. The molecule has 12 amide bonds. The van der Waals surface area contributed by atoms with Crippen LogP contribution in [0.2, 0.25) is 0 Å². The standard InChI is InChI=1S/C77H123N13O14/c1-18-19-34-90-48-65(93)87(17)67(52(8)9)71(97)80-59(74(100)89-35-27-22-28-36-89)47-64(92)82(12)53(10)68(94)78-57(42-49(2)3)72(98)85(15)62(44-51(6)7)75(101)84(14)61(45-55-29-23-20-24-30-55)70(96)79-58(43-50(4)5)73(99)86(16)63(46-56-31-25-21-26-32-56)76(102)83(13)60(33-37-88-38-40-104-41-39-88)69(95)81-66(54(11)91)77(90)103/h20-21,23-26,29-32,49-54,57-63,66-67,91H,18-19,22,27-28,33-48H2,1-17H3,(H,78,94)(H,79,96)(H,80,97)(H,81,95)/t53-,54+,57-,58-,59-,60-,61-,62-,63-,66-,67-/m0/s1. The van der Waals surface area contributed by atoms with Crippen molar-refractivity contribution in [2.24, 2.45) is 23.7 Å². The lowest BCUT2D eigenvalue weighted by Gasteiger charge is -2.39. The lowest BCUT2D eigenvalue weighted by molar-refractivity contribution is -0.151. The SMILES string of the molecule is CCCCN1CC(=O)N(C)[C@@H](C(C)C)C(=O)N[C@H](C(=O)N2CCCCC2)CC(=O)N(C)[C@@H](C)C(=O)N[C@@H](CC(C)C)C(=O)N(C)[C@@H](CC(C)C)C(=O)N(C)[C@@H](Cc2ccccc2)C(=O)N[C@@H](CC(C)C)C(=O)N(C)[C@@H](Cc2ccccc2)C(=O)N(C)[C@@H](CCN2CCOCC2)C(=O)N[C@@H]([C@@H](C)O)C1=O. The van der Waals surface area contributed by atoms with Crippen LogP contribution in [0.3, 0.4) is 0 Å². The van der Waals surface area contributed by atoms with Crippen LogP contribution in [-0.2, 0) is 75.1 Å². The molecule has 0 radical (unpaired) electrons. The van der Waals surface area contributed by atoms with Gasteiger partial charge in [-0.1, -0.05) is 129 Å². The smallest absolute Gasteiger partial charge is 0.248 e. The highest BCUT2D eigenvalue weighted by molar-refractivity contribution is 6.00. The number of ether oxygens (including phenoxy) is 1. The maximum absolute atomic E-state index is 15.8. The van der Waals surface area contributed by atoms with Crippen LogP contribution < -0.4 is 21.3 Å². The van der Waals surface area contributed by atoms with E-state index in [-0.39, 0.29) is 69.4 Å². The van der Waals surface area contributed by atoms with E-state index < -0.39 is 156 Å². The maximum atomic E-state index is 15.8. The molecule has 3 saturated heterocycles. The number of nitrogens with zero attached hydrogens (tertiary/aromatic N) is 9. The predicted octanol–water partition coefficient (Wildman–Crippen LogP) is 3.34. The number of likely N-dealkylation sites (N-methyl/N-ethyl adjacent to an activating group) is 6. The minimum atomic E-state index is -1.68. The largest absolute Gasteiger partial charge is 0.391 e. The summed E-state index contributed by atoms with van der Waals surface area (Å²) in [4.78, 5) is 194. The molecule has 2 aromatic rings. The average Bonchev–Trinajstić information content (AvgIpc) is 0.810. The Hall–Kier alpha value is -8.04. The molecule has 3 fully saturated rings. The van der Waals surface area contributed by atoms with Crippen molar-refractivity contribution >= 4 is 70.9 Å². The molecule has 5 rings (SSSR count). The molecular formula is C77H123N13O14. The molecule has 0 bridgehead atoms. The van der Waals surface area contributed by atoms with Gasteiger partial charge in [0.25, 0.3) is 0 Å². The number of benzene rings is 2. The fourth-order valence-corrected chi connectivity index (χ4v) is 13.8. The quantitative estimate of drug-likeness (QED) is 0.135. The number of amides is 12. The molecule has 580 valence electrons. The van der Waals surface area contributed by atoms with E-state index in [1.165, 1.54) is 85.5 Å². The number of morpholine rings is 1. The number of rotatable bonds is 19. The Morgan fingerprint density at radius 3 is 1.50 bits per heavy atom. The second-order valence-corrected chi connectivity index (χ2v) is 30.4. The Morgan fingerprint density at radius 1 is 0.510 bits per heavy atom. The monoisotopic (exact) mass is 1450 g/mol. The summed E-state index contributed by atoms with van der Waals surface area (Å²) >= 11 is 0. The summed E-state index contributed by atoms with van der Waals surface area (Å²) in [5, 5.41) is 23.1. The second kappa shape index (κ2) is 41.6. The van der Waals surface area contributed by atoms with E-state index in [4.69, 9.17) is 4.74 Å². The van der Waals surface area contributed by atoms with E-state index >= 15 is 33.6 Å². The second-order valence-electron chi connectivity index (χ2n) is 30.4. The first-order chi connectivity index (χ1) is 49.1. The molecule has 27 nitrogen and oxygen atoms in total. The van der Waals surface area contributed by atoms with E-state index in [2.05, 4.69) is 26.2 Å². The van der Waals surface area contributed by atoms with Crippen molar-refractivity contribution in [3.63, 3.8) is 0 Å². The summed E-state index contributed by atoms with van der Waals surface area (Å²) in [6.45, 7) is 21.5. The van der Waals surface area contributed by atoms with Crippen molar-refractivity contribution in [2.75, 3.05) is 101 Å². The first kappa shape index (κ1) is 86.6. The Labute approximate surface area is 617 Å². The van der Waals surface area contributed by atoms with Gasteiger partial charge in [-0.05, 0) is 100 Å². The zero-order chi connectivity index (χ0) is 77.4. The first-order valence-electron chi connectivity index (χ1n) is 37.5. The number of hydrogen-bond donors (Lipinski definition) is 5. The lowest BCUT2D eigenvalue weighted by atomic mass is 9.96. The highest BCUT2D eigenvalue weighted by Crippen LogP contribution is 2.24. The maximum Gasteiger partial charge on any atom is 0.248 e. The minimum Gasteiger partial charge on any atom is -0.391 e. The fourth-order valence-electron chi connectivity index (χ4n) is 13.8. The van der Waals surface area contributed by atoms with Crippen LogP contribution in [0.1, 0.15) is 151 Å². The highest BCUT2D eigenvalue weighted by Gasteiger charge is 2.44. The van der Waals surface area contributed by atoms with Gasteiger partial charge in [-0.3, -0.25) is 62.4 Å². The van der Waals surface area contributed by atoms with Crippen LogP contribution in [0.25, 0.3) is 0 Å². The molecule has 104 heavy (non-hydrogen) atoms. The van der Waals surface area contributed by atoms with Crippen molar-refractivity contribution in [3.8, 4) is 0 Å². The molecule has 3 aliphatic rings. The normalized spacial score (nSPS) is 25.6. The number of aliphatic hydroxyl groups is 1. The highest BCUT2D eigenvalue weighted by atomic mass is 16.5. The van der Waals surface area contributed by atoms with Gasteiger partial charge in [-0.2, -0.15) is 0 Å². The van der Waals surface area contributed by atoms with Gasteiger partial charge in [-0.25, -0.2) is 0 Å². The third-order valence-electron chi connectivity index (χ3n) is 20.3. The van der Waals surface area contributed by atoms with Gasteiger partial charge in [0.2, 0.25) is 70.9 Å². The van der Waals surface area contributed by atoms with E-state index in [0.717, 1.165) is 11.3 Å². The van der Waals surface area contributed by atoms with Crippen LogP contribution in [0, 0.1) is 23.7 Å². The molecular weight excluding hydrogens is 1330 g/mol. The zero-order valence-electron chi connectivity index (χ0n) is 65.1. The van der Waals surface area contributed by atoms with Crippen molar-refractivity contribution in [2.45, 2.75) is 220 Å². The van der Waals surface area contributed by atoms with Crippen molar-refractivity contribution in [1.82, 2.24) is 65.4 Å². The Kier molecular flexibility index (Phi) is 34.6. The van der Waals surface area contributed by atoms with Gasteiger partial charge in [0.05, 0.1) is 32.3 Å². The number of piperidine rings is 1. The predicted molar refractivity (Wildman–Crippen MR) is 396 cm³/mol. The number of aliphatic hydroxyl groups excluding tert-OH is 1. The molecule has 0 spiro atoms. The number of likely N-dealkylation sites (tertiary alicyclic amines) is 1. The summed E-state index contributed by atoms with van der Waals surface area (Å²) < 4.78 is 5.64. The van der Waals surface area contributed by atoms with Crippen LogP contribution >= 0.6 is 0 Å². The summed E-state index contributed by atoms with van der Waals surface area (Å²) in [6, 6.07) is 4.61. The van der Waals surface area contributed by atoms with Crippen LogP contribution in [0.5, 0.6) is 0 Å². The Morgan fingerprint density at radius 2 is 0.990 bits per heavy atom. The zero-order valence-corrected chi connectivity index (χ0v) is 65.1. The summed E-state index contributed by atoms with van der Waals surface area (Å²) in [6.07, 6.45) is 1.23. The Bertz CT molecular complexity index is 3180. The van der Waals surface area contributed by atoms with E-state index in [1.54, 1.807) is 73.3 Å². The third-order valence-corrected chi connectivity index (χ3v) is 20.3. The minimum absolute atomic E-state index is 0.0125. The molecule has 0 saturated carbocycles. The van der Waals surface area contributed by atoms with E-state index in [9.17, 15) is 29.1 Å². The van der Waals surface area contributed by atoms with E-state index in [1.807, 2.05) is 54.5 Å². The van der Waals surface area contributed by atoms with Crippen molar-refractivity contribution < 1.29 is 67.4 Å². The van der Waals surface area contributed by atoms with Crippen molar-refractivity contribution in [3.05, 3.63) is 71.8 Å². The van der Waals surface area contributed by atoms with Gasteiger partial charge in [0.15, 0.2) is 0 Å². The average molecular weight is 1450 g/mol. The van der Waals surface area contributed by atoms with E-state index in [0.29, 0.717) is 76.2 Å². The molecule has 3 heterocycles. The number of carbonyl (C=O) groups is 12. The molecule has 27 heteroatoms. The molecule has 5 N–H and O–H groups in total. The van der Waals surface area contributed by atoms with Gasteiger partial charge in [0, 0.05) is 94.4 Å². The summed E-state index contributed by atoms with van der Waals surface area (Å²) in [7, 11) is 8.61. The third kappa shape index (κ3) is 24.8. The molecule has 0 aromatic heterocycles. The number of hydrogen-bond acceptors (Lipinski definition) is 15. The summed E-state index contributed by atoms with van der Waals surface area (Å²) in [5.41, 5.74) is 1.33. The molecule has 0 aliphatic carbocycles. The van der Waals surface area contributed by atoms with Crippen LogP contribution in [0.15, 0.2) is 60.7 Å². The fraction of sp³-hybridized carbons (Fsp3) is 0.688. The van der Waals surface area contributed by atoms with Gasteiger partial charge in [0.1, 0.15) is 60.4 Å². The molecule has 0 unspecified atom stereocenters. The van der Waals surface area contributed by atoms with Crippen molar-refractivity contribution in [1.29, 1.82) is 0 Å². The van der Waals surface area contributed by atoms with Crippen LogP contribution in [-0.4, -0.2) is 288 Å². The van der Waals surface area contributed by atoms with Gasteiger partial charge < -0.3 is 70.3 Å². The van der Waals surface area contributed by atoms with Gasteiger partial charge >= 0.3 is 0 Å².